The van der Waals surface area contributed by atoms with Crippen LogP contribution in [0.1, 0.15) is 0 Å². The van der Waals surface area contributed by atoms with Gasteiger partial charge in [-0.25, -0.2) is 0 Å². The van der Waals surface area contributed by atoms with Gasteiger partial charge >= 0.3 is 117 Å². The van der Waals surface area contributed by atoms with E-state index in [1.165, 1.54) is 0 Å². The van der Waals surface area contributed by atoms with Gasteiger partial charge in [-0.05, 0) is 0 Å². The van der Waals surface area contributed by atoms with Crippen LogP contribution in [0.4, 0.5) is 0 Å². The molecule has 0 heterocycles. The third kappa shape index (κ3) is 9.25. The van der Waals surface area contributed by atoms with Gasteiger partial charge in [0.15, 0.2) is 0 Å². The zero-order valence-electron chi connectivity index (χ0n) is 2.12. The fourth-order valence-electron chi connectivity index (χ4n) is 0. The number of hydrogen-bond acceptors (Lipinski definition) is 0. The third-order valence-corrected chi connectivity index (χ3v) is 0. The smallest absolute Gasteiger partial charge is 2.00 e. The second-order valence-corrected chi connectivity index (χ2v) is 0. The van der Waals surface area contributed by atoms with E-state index in [9.17, 15) is 0 Å². The molecule has 0 aliphatic rings. The Morgan fingerprint density at radius 2 is 1.00 bits per heavy atom. The van der Waals surface area contributed by atoms with Crippen molar-refractivity contribution in [2.24, 2.45) is 0 Å². The molecule has 1 radical (unpaired) electrons. The molecule has 0 fully saturated rings. The van der Waals surface area contributed by atoms with E-state index in [1.54, 1.807) is 0 Å². The maximum absolute atomic E-state index is 0. The van der Waals surface area contributed by atoms with E-state index in [2.05, 4.69) is 0 Å². The first-order valence-corrected chi connectivity index (χ1v) is 0. The van der Waals surface area contributed by atoms with Crippen molar-refractivity contribution in [2.45, 2.75) is 0 Å². The van der Waals surface area contributed by atoms with Crippen LogP contribution in [0.25, 0.3) is 0 Å². The Kier molecular flexibility index (Phi) is 99.0. The van der Waals surface area contributed by atoms with Crippen molar-refractivity contribution in [1.82, 2.24) is 0 Å². The molecule has 0 amide bonds. The second kappa shape index (κ2) is 15.8. The average Bonchev–Trinajstić information content (AvgIpc) is 0. The fourth-order valence-corrected chi connectivity index (χ4v) is 0. The first kappa shape index (κ1) is 25.0. The van der Waals surface area contributed by atoms with Crippen LogP contribution in [0.5, 0.6) is 0 Å². The number of hydrogen-bond donors (Lipinski definition) is 0. The van der Waals surface area contributed by atoms with Crippen molar-refractivity contribution in [3.63, 3.8) is 0 Å². The van der Waals surface area contributed by atoms with Gasteiger partial charge in [0.2, 0.25) is 0 Å². The van der Waals surface area contributed by atoms with Gasteiger partial charge < -0.3 is 5.48 Å². The Hall–Kier alpha value is 3.79. The SMILES string of the molecule is [Ba+2].[Ce+3].[O-2].[Zr+4]. The summed E-state index contributed by atoms with van der Waals surface area (Å²) in [4.78, 5) is 0. The van der Waals surface area contributed by atoms with Crippen molar-refractivity contribution in [1.29, 1.82) is 0 Å². The topological polar surface area (TPSA) is 28.5 Å². The zero-order valence-corrected chi connectivity index (χ0v) is 12.2. The monoisotopic (exact) mass is 384 g/mol. The molecule has 0 atom stereocenters. The molecule has 0 aromatic heterocycles. The molecule has 0 aromatic carbocycles. The zero-order chi connectivity index (χ0) is 0. The molecule has 1 nitrogen and oxygen atoms in total. The van der Waals surface area contributed by atoms with E-state index < -0.39 is 0 Å². The second-order valence-electron chi connectivity index (χ2n) is 0. The van der Waals surface area contributed by atoms with E-state index in [1.807, 2.05) is 0 Å². The Morgan fingerprint density at radius 3 is 1.00 bits per heavy atom. The molecule has 0 bridgehead atoms. The standard InChI is InChI=1S/Ba.Ce.O.Zr/q+2;+3;-2;+4. The quantitative estimate of drug-likeness (QED) is 0.504. The van der Waals surface area contributed by atoms with Gasteiger partial charge in [-0.2, -0.15) is 0 Å². The van der Waals surface area contributed by atoms with Crippen molar-refractivity contribution in [2.75, 3.05) is 0 Å². The first-order chi connectivity index (χ1) is 0. The average molecular weight is 385 g/mol. The molecule has 4 heteroatoms. The largest absolute Gasteiger partial charge is 4.00 e. The van der Waals surface area contributed by atoms with Gasteiger partial charge in [0.25, 0.3) is 0 Å². The van der Waals surface area contributed by atoms with Crippen LogP contribution in [0.15, 0.2) is 0 Å². The van der Waals surface area contributed by atoms with Gasteiger partial charge in [0.1, 0.15) is 0 Å². The normalized spacial score (nSPS) is 0. The predicted molar refractivity (Wildman–Crippen MR) is 6.44 cm³/mol. The molecule has 9 valence electrons. The van der Waals surface area contributed by atoms with Gasteiger partial charge in [0.05, 0.1) is 0 Å². The summed E-state index contributed by atoms with van der Waals surface area (Å²) in [5.74, 6) is 0. The van der Waals surface area contributed by atoms with Gasteiger partial charge in [-0.3, -0.25) is 0 Å². The molecular weight excluding hydrogens is 385 g/mol. The Morgan fingerprint density at radius 1 is 1.00 bits per heavy atom. The van der Waals surface area contributed by atoms with Crippen molar-refractivity contribution >= 4 is 48.9 Å². The summed E-state index contributed by atoms with van der Waals surface area (Å²) in [7, 11) is 0. The fraction of sp³-hybridized carbons (Fsp3) is 0. The molecule has 0 unspecified atom stereocenters. The van der Waals surface area contributed by atoms with Crippen molar-refractivity contribution in [3.05, 3.63) is 0 Å². The Labute approximate surface area is 119 Å². The van der Waals surface area contributed by atoms with Crippen LogP contribution < -0.4 is 0 Å². The summed E-state index contributed by atoms with van der Waals surface area (Å²) in [5.41, 5.74) is 0. The van der Waals surface area contributed by atoms with Gasteiger partial charge in [0, 0.05) is 0 Å². The summed E-state index contributed by atoms with van der Waals surface area (Å²) in [6.45, 7) is 0. The minimum absolute atomic E-state index is 0. The molecule has 0 aliphatic heterocycles. The van der Waals surface area contributed by atoms with E-state index in [-0.39, 0.29) is 122 Å². The summed E-state index contributed by atoms with van der Waals surface area (Å²) in [5, 5.41) is 0. The summed E-state index contributed by atoms with van der Waals surface area (Å²) in [6, 6.07) is 0. The van der Waals surface area contributed by atoms with Crippen molar-refractivity contribution < 1.29 is 73.4 Å². The summed E-state index contributed by atoms with van der Waals surface area (Å²) in [6.07, 6.45) is 0. The van der Waals surface area contributed by atoms with E-state index in [0.29, 0.717) is 0 Å². The van der Waals surface area contributed by atoms with Crippen LogP contribution in [0, 0.1) is 41.7 Å². The van der Waals surface area contributed by atoms with Crippen LogP contribution in [-0.4, -0.2) is 48.9 Å². The number of rotatable bonds is 0. The van der Waals surface area contributed by atoms with Crippen LogP contribution in [0.3, 0.4) is 0 Å². The van der Waals surface area contributed by atoms with E-state index in [0.717, 1.165) is 0 Å². The molecule has 0 saturated carbocycles. The first-order valence-electron chi connectivity index (χ1n) is 0. The third-order valence-electron chi connectivity index (χ3n) is 0. The summed E-state index contributed by atoms with van der Waals surface area (Å²) >= 11 is 0. The van der Waals surface area contributed by atoms with Crippen LogP contribution >= 0.6 is 0 Å². The van der Waals surface area contributed by atoms with Crippen molar-refractivity contribution in [3.8, 4) is 0 Å². The van der Waals surface area contributed by atoms with Gasteiger partial charge in [-0.15, -0.1) is 0 Å². The maximum Gasteiger partial charge on any atom is 4.00 e. The Bertz CT molecular complexity index is 8.00. The molecule has 0 aliphatic carbocycles. The minimum atomic E-state index is 0. The van der Waals surface area contributed by atoms with Crippen LogP contribution in [0.2, 0.25) is 0 Å². The van der Waals surface area contributed by atoms with E-state index >= 15 is 0 Å². The minimum Gasteiger partial charge on any atom is -2.00 e. The molecule has 0 saturated heterocycles. The molecule has 0 spiro atoms. The molecular formula is BaCeOZr+7. The summed E-state index contributed by atoms with van der Waals surface area (Å²) < 4.78 is 0. The molecule has 0 rings (SSSR count). The predicted octanol–water partition coefficient (Wildman–Crippen LogP) is -0.502. The maximum atomic E-state index is 0. The van der Waals surface area contributed by atoms with Crippen LogP contribution in [-0.2, 0) is 31.7 Å². The molecule has 0 aromatic rings. The molecule has 0 N–H and O–H groups in total. The van der Waals surface area contributed by atoms with Gasteiger partial charge in [-0.1, -0.05) is 0 Å². The molecule has 4 heavy (non-hydrogen) atoms. The van der Waals surface area contributed by atoms with E-state index in [4.69, 9.17) is 0 Å². The Balaban J connectivity index is 0.